The minimum atomic E-state index is 1.05. The molecule has 0 aliphatic heterocycles. The summed E-state index contributed by atoms with van der Waals surface area (Å²) in [7, 11) is 0. The van der Waals surface area contributed by atoms with Gasteiger partial charge >= 0.3 is 0 Å². The molecule has 0 aliphatic carbocycles. The number of nitrogens with zero attached hydrogens (tertiary/aromatic N) is 6. The molecule has 0 saturated heterocycles. The van der Waals surface area contributed by atoms with Crippen molar-refractivity contribution in [2.45, 2.75) is 0 Å². The van der Waals surface area contributed by atoms with Gasteiger partial charge in [-0.25, -0.2) is 9.97 Å². The first-order chi connectivity index (χ1) is 15.9. The van der Waals surface area contributed by atoms with Crippen molar-refractivity contribution < 1.29 is 0 Å². The molecular formula is C26H18N6. The monoisotopic (exact) mass is 414 g/mol. The molecular weight excluding hydrogens is 396 g/mol. The van der Waals surface area contributed by atoms with Gasteiger partial charge in [-0.2, -0.15) is 0 Å². The maximum absolute atomic E-state index is 4.37. The fourth-order valence-corrected chi connectivity index (χ4v) is 4.22. The Balaban J connectivity index is 1.81. The van der Waals surface area contributed by atoms with E-state index >= 15 is 0 Å². The lowest BCUT2D eigenvalue weighted by Crippen LogP contribution is -2.00. The number of fused-ring (bicyclic) bond motifs is 1. The van der Waals surface area contributed by atoms with Crippen LogP contribution >= 0.6 is 0 Å². The Morgan fingerprint density at radius 1 is 0.500 bits per heavy atom. The highest BCUT2D eigenvalue weighted by molar-refractivity contribution is 6.12. The summed E-state index contributed by atoms with van der Waals surface area (Å²) in [5, 5.41) is 2.23. The lowest BCUT2D eigenvalue weighted by atomic mass is 9.91. The molecule has 0 atom stereocenters. The average Bonchev–Trinajstić information content (AvgIpc) is 3.59. The first kappa shape index (κ1) is 18.2. The Kier molecular flexibility index (Phi) is 4.32. The molecule has 6 nitrogen and oxygen atoms in total. The van der Waals surface area contributed by atoms with Crippen LogP contribution in [0.15, 0.2) is 111 Å². The summed E-state index contributed by atoms with van der Waals surface area (Å²) in [6, 6.07) is 16.7. The van der Waals surface area contributed by atoms with Crippen LogP contribution in [0.2, 0.25) is 0 Å². The highest BCUT2D eigenvalue weighted by Gasteiger charge is 2.18. The predicted molar refractivity (Wildman–Crippen MR) is 125 cm³/mol. The molecule has 0 bridgehead atoms. The Bertz CT molecular complexity index is 1370. The summed E-state index contributed by atoms with van der Waals surface area (Å²) in [6.07, 6.45) is 18.6. The molecule has 0 unspecified atom stereocenters. The highest BCUT2D eigenvalue weighted by Crippen LogP contribution is 2.41. The third kappa shape index (κ3) is 2.97. The number of hydrogen-bond donors (Lipinski definition) is 0. The average molecular weight is 414 g/mol. The first-order valence-electron chi connectivity index (χ1n) is 10.3. The molecule has 0 radical (unpaired) electrons. The molecule has 32 heavy (non-hydrogen) atoms. The van der Waals surface area contributed by atoms with Crippen molar-refractivity contribution in [3.63, 3.8) is 0 Å². The van der Waals surface area contributed by atoms with Gasteiger partial charge in [0.05, 0.1) is 24.0 Å². The van der Waals surface area contributed by atoms with E-state index in [1.54, 1.807) is 24.8 Å². The minimum Gasteiger partial charge on any atom is -0.306 e. The fourth-order valence-electron chi connectivity index (χ4n) is 4.22. The largest absolute Gasteiger partial charge is 0.306 e. The number of imidazole rings is 2. The fraction of sp³-hybridized carbons (Fsp3) is 0. The van der Waals surface area contributed by atoms with Gasteiger partial charge in [-0.1, -0.05) is 24.3 Å². The van der Waals surface area contributed by atoms with Gasteiger partial charge in [-0.3, -0.25) is 9.97 Å². The Morgan fingerprint density at radius 3 is 1.38 bits per heavy atom. The first-order valence-corrected chi connectivity index (χ1v) is 10.3. The van der Waals surface area contributed by atoms with Crippen molar-refractivity contribution >= 4 is 10.8 Å². The smallest absolute Gasteiger partial charge is 0.0991 e. The van der Waals surface area contributed by atoms with Gasteiger partial charge in [-0.05, 0) is 35.4 Å². The van der Waals surface area contributed by atoms with Crippen LogP contribution in [0.3, 0.4) is 0 Å². The number of hydrogen-bond acceptors (Lipinski definition) is 4. The van der Waals surface area contributed by atoms with E-state index in [1.165, 1.54) is 0 Å². The van der Waals surface area contributed by atoms with Gasteiger partial charge in [0.2, 0.25) is 0 Å². The highest BCUT2D eigenvalue weighted by atomic mass is 15.0. The van der Waals surface area contributed by atoms with Crippen LogP contribution in [-0.2, 0) is 0 Å². The second-order valence-electron chi connectivity index (χ2n) is 7.44. The Hall–Kier alpha value is -4.58. The summed E-state index contributed by atoms with van der Waals surface area (Å²) >= 11 is 0. The summed E-state index contributed by atoms with van der Waals surface area (Å²) in [5.74, 6) is 0. The van der Waals surface area contributed by atoms with Gasteiger partial charge in [0, 0.05) is 71.5 Å². The van der Waals surface area contributed by atoms with E-state index < -0.39 is 0 Å². The lowest BCUT2D eigenvalue weighted by Gasteiger charge is -2.19. The van der Waals surface area contributed by atoms with Crippen molar-refractivity contribution in [2.24, 2.45) is 0 Å². The maximum Gasteiger partial charge on any atom is 0.0991 e. The molecule has 0 N–H and O–H groups in total. The molecule has 6 aromatic rings. The second-order valence-corrected chi connectivity index (χ2v) is 7.44. The molecule has 0 fully saturated rings. The topological polar surface area (TPSA) is 61.4 Å². The Morgan fingerprint density at radius 2 is 1.00 bits per heavy atom. The SMILES string of the molecule is c1cncc(-c2ccc(-n3ccnc3)c3c(-c4cccnc4)ccc(-n4ccnc4)c23)c1. The van der Waals surface area contributed by atoms with Gasteiger partial charge in [-0.15, -0.1) is 0 Å². The molecule has 0 amide bonds. The summed E-state index contributed by atoms with van der Waals surface area (Å²) in [6.45, 7) is 0. The second kappa shape index (κ2) is 7.59. The zero-order valence-corrected chi connectivity index (χ0v) is 17.1. The van der Waals surface area contributed by atoms with E-state index in [-0.39, 0.29) is 0 Å². The number of benzene rings is 2. The lowest BCUT2D eigenvalue weighted by molar-refractivity contribution is 1.06. The van der Waals surface area contributed by atoms with E-state index in [0.717, 1.165) is 44.4 Å². The molecule has 2 aromatic carbocycles. The Labute approximate surface area is 184 Å². The quantitative estimate of drug-likeness (QED) is 0.391. The van der Waals surface area contributed by atoms with Crippen molar-refractivity contribution in [1.82, 2.24) is 29.1 Å². The summed E-state index contributed by atoms with van der Waals surface area (Å²) < 4.78 is 4.10. The molecule has 0 aliphatic rings. The van der Waals surface area contributed by atoms with Crippen molar-refractivity contribution in [3.8, 4) is 33.6 Å². The standard InChI is InChI=1S/C26H18N6/c1-3-19(15-27-9-1)21-5-7-24(32-14-12-30-18-32)26-22(20-4-2-10-28-16-20)6-8-23(25(21)26)31-13-11-29-17-31/h1-18H. The van der Waals surface area contributed by atoms with Crippen LogP contribution < -0.4 is 0 Å². The third-order valence-electron chi connectivity index (χ3n) is 5.63. The zero-order valence-electron chi connectivity index (χ0n) is 17.1. The van der Waals surface area contributed by atoms with Gasteiger partial charge in [0.15, 0.2) is 0 Å². The number of rotatable bonds is 4. The van der Waals surface area contributed by atoms with Gasteiger partial charge in [0.25, 0.3) is 0 Å². The number of pyridine rings is 2. The van der Waals surface area contributed by atoms with Crippen LogP contribution in [0.1, 0.15) is 0 Å². The normalized spacial score (nSPS) is 11.1. The van der Waals surface area contributed by atoms with E-state index in [9.17, 15) is 0 Å². The number of aromatic nitrogens is 6. The molecule has 152 valence electrons. The van der Waals surface area contributed by atoms with E-state index in [1.807, 2.05) is 58.7 Å². The van der Waals surface area contributed by atoms with Crippen molar-refractivity contribution in [2.75, 3.05) is 0 Å². The molecule has 0 spiro atoms. The van der Waals surface area contributed by atoms with Gasteiger partial charge in [0.1, 0.15) is 0 Å². The van der Waals surface area contributed by atoms with Gasteiger partial charge < -0.3 is 9.13 Å². The van der Waals surface area contributed by atoms with Crippen LogP contribution in [0.25, 0.3) is 44.4 Å². The molecule has 0 saturated carbocycles. The zero-order chi connectivity index (χ0) is 21.3. The maximum atomic E-state index is 4.37. The van der Waals surface area contributed by atoms with Crippen LogP contribution in [0.4, 0.5) is 0 Å². The summed E-state index contributed by atoms with van der Waals surface area (Å²) in [4.78, 5) is 17.3. The van der Waals surface area contributed by atoms with Crippen LogP contribution in [0, 0.1) is 0 Å². The van der Waals surface area contributed by atoms with Crippen LogP contribution in [0.5, 0.6) is 0 Å². The van der Waals surface area contributed by atoms with E-state index in [0.29, 0.717) is 0 Å². The summed E-state index contributed by atoms with van der Waals surface area (Å²) in [5.41, 5.74) is 6.41. The van der Waals surface area contributed by atoms with E-state index in [2.05, 4.69) is 56.3 Å². The molecule has 4 heterocycles. The predicted octanol–water partition coefficient (Wildman–Crippen LogP) is 5.34. The minimum absolute atomic E-state index is 1.05. The van der Waals surface area contributed by atoms with E-state index in [4.69, 9.17) is 0 Å². The van der Waals surface area contributed by atoms with Crippen molar-refractivity contribution in [3.05, 3.63) is 111 Å². The molecule has 6 heteroatoms. The molecule has 4 aromatic heterocycles. The molecule has 6 rings (SSSR count). The van der Waals surface area contributed by atoms with Crippen LogP contribution in [-0.4, -0.2) is 29.1 Å². The third-order valence-corrected chi connectivity index (χ3v) is 5.63. The van der Waals surface area contributed by atoms with Crippen molar-refractivity contribution in [1.29, 1.82) is 0 Å².